The lowest BCUT2D eigenvalue weighted by Crippen LogP contribution is -2.35. The summed E-state index contributed by atoms with van der Waals surface area (Å²) in [5.41, 5.74) is 2.15. The van der Waals surface area contributed by atoms with Gasteiger partial charge >= 0.3 is 12.1 Å². The number of hydrogen-bond acceptors (Lipinski definition) is 6. The Morgan fingerprint density at radius 2 is 1.90 bits per heavy atom. The predicted molar refractivity (Wildman–Crippen MR) is 152 cm³/mol. The lowest BCUT2D eigenvalue weighted by molar-refractivity contribution is 0.0376. The van der Waals surface area contributed by atoms with Gasteiger partial charge in [0.2, 0.25) is 0 Å². The molecule has 10 heteroatoms. The number of methoxy groups -OCH3 is 1. The number of H-pyrrole nitrogens is 1. The Labute approximate surface area is 233 Å². The Morgan fingerprint density at radius 3 is 2.52 bits per heavy atom. The van der Waals surface area contributed by atoms with E-state index in [0.717, 1.165) is 6.42 Å². The number of aromatic nitrogens is 3. The van der Waals surface area contributed by atoms with E-state index in [0.29, 0.717) is 56.8 Å². The quantitative estimate of drug-likeness (QED) is 0.233. The van der Waals surface area contributed by atoms with Crippen molar-refractivity contribution < 1.29 is 28.2 Å². The number of amides is 1. The Hall–Kier alpha value is -4.08. The molecule has 1 atom stereocenters. The van der Waals surface area contributed by atoms with Gasteiger partial charge in [0, 0.05) is 18.0 Å². The minimum absolute atomic E-state index is 0.268. The molecule has 0 fully saturated rings. The zero-order chi connectivity index (χ0) is 29.4. The van der Waals surface area contributed by atoms with Crippen LogP contribution in [-0.4, -0.2) is 45.4 Å². The van der Waals surface area contributed by atoms with Gasteiger partial charge in [-0.05, 0) is 59.2 Å². The van der Waals surface area contributed by atoms with Gasteiger partial charge in [-0.3, -0.25) is 0 Å². The number of ether oxygens (including phenoxy) is 3. The van der Waals surface area contributed by atoms with Crippen LogP contribution < -0.4 is 10.1 Å². The van der Waals surface area contributed by atoms with Crippen molar-refractivity contribution >= 4 is 34.0 Å². The van der Waals surface area contributed by atoms with Gasteiger partial charge in [-0.1, -0.05) is 25.5 Å². The second kappa shape index (κ2) is 11.2. The molecule has 0 unspecified atom stereocenters. The van der Waals surface area contributed by atoms with Gasteiger partial charge in [-0.2, -0.15) is 0 Å². The van der Waals surface area contributed by atoms with Crippen LogP contribution in [0.5, 0.6) is 5.75 Å². The zero-order valence-electron chi connectivity index (χ0n) is 24.3. The van der Waals surface area contributed by atoms with Gasteiger partial charge < -0.3 is 29.1 Å². The number of carbonyl (C=O) groups is 2. The van der Waals surface area contributed by atoms with Crippen LogP contribution >= 0.6 is 0 Å². The predicted octanol–water partition coefficient (Wildman–Crippen LogP) is 6.80. The number of esters is 1. The van der Waals surface area contributed by atoms with Gasteiger partial charge in [-0.15, -0.1) is 0 Å². The van der Waals surface area contributed by atoms with Crippen molar-refractivity contribution in [1.82, 2.24) is 19.9 Å². The zero-order valence-corrected chi connectivity index (χ0v) is 24.3. The van der Waals surface area contributed by atoms with Gasteiger partial charge in [0.05, 0.1) is 41.5 Å². The maximum Gasteiger partial charge on any atom is 0.408 e. The van der Waals surface area contributed by atoms with Crippen LogP contribution in [0.1, 0.15) is 76.3 Å². The minimum Gasteiger partial charge on any atom is -0.494 e. The first-order valence-corrected chi connectivity index (χ1v) is 13.4. The molecule has 4 rings (SSSR count). The van der Waals surface area contributed by atoms with Crippen molar-refractivity contribution in [2.75, 3.05) is 7.11 Å². The highest BCUT2D eigenvalue weighted by Gasteiger charge is 2.25. The van der Waals surface area contributed by atoms with Gasteiger partial charge in [0.25, 0.3) is 0 Å². The smallest absolute Gasteiger partial charge is 0.408 e. The number of fused-ring (bicyclic) bond motifs is 2. The van der Waals surface area contributed by atoms with Crippen molar-refractivity contribution in [2.45, 2.75) is 72.1 Å². The molecule has 214 valence electrons. The van der Waals surface area contributed by atoms with Crippen LogP contribution in [0.4, 0.5) is 9.18 Å². The second-order valence-electron chi connectivity index (χ2n) is 11.1. The number of alkyl carbamates (subject to hydrolysis) is 1. The van der Waals surface area contributed by atoms with Crippen molar-refractivity contribution in [3.8, 4) is 17.3 Å². The standard InChI is InChI=1S/C30H37FN4O5/c1-9-10-20(34-29(37)40-30(4,5)6)19-12-11-17-13-22(32-25(17)24(19)31)27-33-21-14-18(28(36)39-16(2)3)15-23(38-8)26(21)35(27)7/h11-16,20,32H,9-10H2,1-8H3,(H,34,37)/t20-/m1/s1. The van der Waals surface area contributed by atoms with Crippen LogP contribution in [-0.2, 0) is 16.5 Å². The third-order valence-corrected chi connectivity index (χ3v) is 6.38. The van der Waals surface area contributed by atoms with Crippen molar-refractivity contribution in [2.24, 2.45) is 7.05 Å². The summed E-state index contributed by atoms with van der Waals surface area (Å²) < 4.78 is 34.1. The summed E-state index contributed by atoms with van der Waals surface area (Å²) in [6.07, 6.45) is 0.419. The molecule has 2 heterocycles. The number of rotatable bonds is 8. The van der Waals surface area contributed by atoms with E-state index in [1.165, 1.54) is 7.11 Å². The van der Waals surface area contributed by atoms with Crippen molar-refractivity contribution in [3.05, 3.63) is 47.3 Å². The lowest BCUT2D eigenvalue weighted by atomic mass is 10.0. The molecule has 40 heavy (non-hydrogen) atoms. The van der Waals surface area contributed by atoms with E-state index in [1.54, 1.807) is 52.8 Å². The van der Waals surface area contributed by atoms with Crippen LogP contribution in [0.15, 0.2) is 30.3 Å². The van der Waals surface area contributed by atoms with Crippen molar-refractivity contribution in [3.63, 3.8) is 0 Å². The average molecular weight is 553 g/mol. The average Bonchev–Trinajstić information content (AvgIpc) is 3.43. The fourth-order valence-electron chi connectivity index (χ4n) is 4.72. The molecule has 2 aromatic heterocycles. The first-order chi connectivity index (χ1) is 18.8. The molecule has 0 aliphatic rings. The molecule has 2 aromatic carbocycles. The van der Waals surface area contributed by atoms with E-state index >= 15 is 4.39 Å². The van der Waals surface area contributed by atoms with E-state index < -0.39 is 29.5 Å². The number of aromatic amines is 1. The first-order valence-electron chi connectivity index (χ1n) is 13.4. The van der Waals surface area contributed by atoms with Crippen molar-refractivity contribution in [1.29, 1.82) is 0 Å². The number of halogens is 1. The molecule has 1 amide bonds. The number of hydrogen-bond donors (Lipinski definition) is 2. The molecule has 4 aromatic rings. The summed E-state index contributed by atoms with van der Waals surface area (Å²) >= 11 is 0. The molecule has 0 radical (unpaired) electrons. The van der Waals surface area contributed by atoms with E-state index in [-0.39, 0.29) is 6.10 Å². The minimum atomic E-state index is -0.665. The largest absolute Gasteiger partial charge is 0.494 e. The summed E-state index contributed by atoms with van der Waals surface area (Å²) in [4.78, 5) is 32.9. The van der Waals surface area contributed by atoms with E-state index in [2.05, 4.69) is 10.3 Å². The van der Waals surface area contributed by atoms with Crippen LogP contribution in [0.3, 0.4) is 0 Å². The molecular weight excluding hydrogens is 515 g/mol. The van der Waals surface area contributed by atoms with Crippen LogP contribution in [0.2, 0.25) is 0 Å². The number of nitrogens with zero attached hydrogens (tertiary/aromatic N) is 2. The summed E-state index contributed by atoms with van der Waals surface area (Å²) in [5, 5.41) is 3.47. The molecule has 0 aliphatic carbocycles. The normalized spacial score (nSPS) is 12.7. The Bertz CT molecular complexity index is 1560. The number of aryl methyl sites for hydroxylation is 1. The number of carbonyl (C=O) groups excluding carboxylic acids is 2. The molecule has 0 saturated heterocycles. The summed E-state index contributed by atoms with van der Waals surface area (Å²) in [6.45, 7) is 10.9. The molecular formula is C30H37FN4O5. The Morgan fingerprint density at radius 1 is 1.18 bits per heavy atom. The molecule has 2 N–H and O–H groups in total. The van der Waals surface area contributed by atoms with Gasteiger partial charge in [-0.25, -0.2) is 19.0 Å². The van der Waals surface area contributed by atoms with E-state index in [4.69, 9.17) is 19.2 Å². The SMILES string of the molecule is CCC[C@@H](NC(=O)OC(C)(C)C)c1ccc2cc(-c3nc4cc(C(=O)OC(C)C)cc(OC)c4n3C)[nH]c2c1F. The van der Waals surface area contributed by atoms with E-state index in [1.807, 2.05) is 30.7 Å². The summed E-state index contributed by atoms with van der Waals surface area (Å²) in [7, 11) is 3.35. The highest BCUT2D eigenvalue weighted by atomic mass is 19.1. The molecule has 0 saturated carbocycles. The number of imidazole rings is 1. The molecule has 0 spiro atoms. The Kier molecular flexibility index (Phi) is 8.09. The number of benzene rings is 2. The maximum absolute atomic E-state index is 15.9. The van der Waals surface area contributed by atoms with Gasteiger partial charge in [0.1, 0.15) is 16.9 Å². The Balaban J connectivity index is 1.75. The summed E-state index contributed by atoms with van der Waals surface area (Å²) in [6, 6.07) is 8.06. The lowest BCUT2D eigenvalue weighted by Gasteiger charge is -2.24. The molecule has 0 aliphatic heterocycles. The first kappa shape index (κ1) is 28.9. The van der Waals surface area contributed by atoms with Crippen LogP contribution in [0, 0.1) is 5.82 Å². The monoisotopic (exact) mass is 552 g/mol. The molecule has 9 nitrogen and oxygen atoms in total. The fourth-order valence-corrected chi connectivity index (χ4v) is 4.72. The highest BCUT2D eigenvalue weighted by molar-refractivity contribution is 5.97. The topological polar surface area (TPSA) is 107 Å². The van der Waals surface area contributed by atoms with Gasteiger partial charge in [0.15, 0.2) is 11.6 Å². The maximum atomic E-state index is 15.9. The molecule has 0 bridgehead atoms. The number of nitrogens with one attached hydrogen (secondary N) is 2. The van der Waals surface area contributed by atoms with E-state index in [9.17, 15) is 9.59 Å². The third-order valence-electron chi connectivity index (χ3n) is 6.38. The third kappa shape index (κ3) is 5.90. The van der Waals surface area contributed by atoms with Crippen LogP contribution in [0.25, 0.3) is 33.5 Å². The highest BCUT2D eigenvalue weighted by Crippen LogP contribution is 2.34. The summed E-state index contributed by atoms with van der Waals surface area (Å²) in [5.74, 6) is 0.0871. The second-order valence-corrected chi connectivity index (χ2v) is 11.1. The fraction of sp³-hybridized carbons (Fsp3) is 0.433.